The number of hydrogen-bond acceptors (Lipinski definition) is 5. The Morgan fingerprint density at radius 3 is 3.05 bits per heavy atom. The number of fused-ring (bicyclic) bond motifs is 1. The van der Waals surface area contributed by atoms with E-state index in [0.29, 0.717) is 0 Å². The number of thiazole rings is 1. The maximum atomic E-state index is 9.07. The molecule has 1 unspecified atom stereocenters. The van der Waals surface area contributed by atoms with E-state index in [0.717, 1.165) is 50.4 Å². The van der Waals surface area contributed by atoms with Gasteiger partial charge in [-0.3, -0.25) is 0 Å². The highest BCUT2D eigenvalue weighted by Crippen LogP contribution is 2.37. The molecule has 1 aliphatic heterocycles. The monoisotopic (exact) mass is 400 g/mol. The first kappa shape index (κ1) is 13.3. The molecule has 0 N–H and O–H groups in total. The zero-order chi connectivity index (χ0) is 13.4. The third-order valence-electron chi connectivity index (χ3n) is 3.20. The number of anilines is 1. The number of nitrogens with zero attached hydrogens (tertiary/aromatic N) is 4. The van der Waals surface area contributed by atoms with Crippen LogP contribution in [0.2, 0.25) is 0 Å². The fraction of sp³-hybridized carbons (Fsp3) is 0.417. The Bertz CT molecular complexity index is 625. The molecule has 98 valence electrons. The second kappa shape index (κ2) is 5.35. The minimum Gasteiger partial charge on any atom is -0.347 e. The molecule has 0 saturated carbocycles. The van der Waals surface area contributed by atoms with Gasteiger partial charge in [-0.1, -0.05) is 11.3 Å². The van der Waals surface area contributed by atoms with Crippen LogP contribution in [0.25, 0.3) is 10.2 Å². The van der Waals surface area contributed by atoms with Gasteiger partial charge in [0.05, 0.1) is 21.2 Å². The molecule has 2 aromatic rings. The third-order valence-corrected chi connectivity index (χ3v) is 5.76. The van der Waals surface area contributed by atoms with Crippen LogP contribution in [0.1, 0.15) is 12.8 Å². The van der Waals surface area contributed by atoms with Gasteiger partial charge in [0, 0.05) is 19.3 Å². The van der Waals surface area contributed by atoms with Gasteiger partial charge in [0.25, 0.3) is 0 Å². The molecule has 0 spiro atoms. The van der Waals surface area contributed by atoms with Gasteiger partial charge in [-0.2, -0.15) is 5.26 Å². The van der Waals surface area contributed by atoms with Crippen molar-refractivity contribution in [2.45, 2.75) is 12.8 Å². The van der Waals surface area contributed by atoms with E-state index in [1.54, 1.807) is 17.5 Å². The van der Waals surface area contributed by atoms with Crippen molar-refractivity contribution in [3.05, 3.63) is 15.3 Å². The topological polar surface area (TPSA) is 52.8 Å². The predicted octanol–water partition coefficient (Wildman–Crippen LogP) is 3.96. The third kappa shape index (κ3) is 2.49. The van der Waals surface area contributed by atoms with E-state index in [1.165, 1.54) is 0 Å². The Kier molecular flexibility index (Phi) is 3.74. The zero-order valence-electron chi connectivity index (χ0n) is 9.94. The number of nitriles is 1. The van der Waals surface area contributed by atoms with Crippen LogP contribution in [-0.2, 0) is 0 Å². The average molecular weight is 402 g/mol. The van der Waals surface area contributed by atoms with Crippen LogP contribution in [0.4, 0.5) is 5.13 Å². The van der Waals surface area contributed by atoms with Crippen molar-refractivity contribution in [3.8, 4) is 6.07 Å². The van der Waals surface area contributed by atoms with Crippen molar-refractivity contribution in [1.29, 1.82) is 5.26 Å². The number of aromatic nitrogens is 2. The summed E-state index contributed by atoms with van der Waals surface area (Å²) in [6.45, 7) is 1.75. The molecule has 3 heterocycles. The van der Waals surface area contributed by atoms with Crippen LogP contribution in [0.5, 0.6) is 0 Å². The molecule has 1 saturated heterocycles. The number of piperidine rings is 1. The normalized spacial score (nSPS) is 19.6. The Hall–Kier alpha value is -0.710. The van der Waals surface area contributed by atoms with Gasteiger partial charge in [-0.15, -0.1) is 0 Å². The minimum absolute atomic E-state index is 0.116. The van der Waals surface area contributed by atoms with Crippen molar-refractivity contribution in [3.63, 3.8) is 0 Å². The van der Waals surface area contributed by atoms with Gasteiger partial charge in [0.15, 0.2) is 5.13 Å². The van der Waals surface area contributed by atoms with E-state index in [-0.39, 0.29) is 5.92 Å². The first-order chi connectivity index (χ1) is 9.19. The molecule has 1 atom stereocenters. The lowest BCUT2D eigenvalue weighted by Crippen LogP contribution is -2.34. The molecule has 2 aromatic heterocycles. The second-order valence-electron chi connectivity index (χ2n) is 4.49. The summed E-state index contributed by atoms with van der Waals surface area (Å²) in [5.41, 5.74) is 0.931. The first-order valence-electron chi connectivity index (χ1n) is 5.94. The zero-order valence-corrected chi connectivity index (χ0v) is 13.9. The largest absolute Gasteiger partial charge is 0.347 e. The van der Waals surface area contributed by atoms with Crippen molar-refractivity contribution < 1.29 is 0 Å². The lowest BCUT2D eigenvalue weighted by molar-refractivity contribution is 0.493. The van der Waals surface area contributed by atoms with Gasteiger partial charge in [0.1, 0.15) is 10.1 Å². The molecule has 1 aliphatic rings. The minimum atomic E-state index is 0.116. The molecule has 0 aromatic carbocycles. The van der Waals surface area contributed by atoms with E-state index >= 15 is 0 Å². The maximum Gasteiger partial charge on any atom is 0.186 e. The number of halogens is 2. The summed E-state index contributed by atoms with van der Waals surface area (Å²) in [6, 6.07) is 2.36. The van der Waals surface area contributed by atoms with Crippen molar-refractivity contribution in [2.24, 2.45) is 5.92 Å². The predicted molar refractivity (Wildman–Crippen MR) is 83.4 cm³/mol. The maximum absolute atomic E-state index is 9.07. The van der Waals surface area contributed by atoms with E-state index in [2.05, 4.69) is 52.8 Å². The van der Waals surface area contributed by atoms with E-state index in [4.69, 9.17) is 5.26 Å². The highest BCUT2D eigenvalue weighted by atomic mass is 79.9. The average Bonchev–Trinajstić information content (AvgIpc) is 2.89. The van der Waals surface area contributed by atoms with Crippen LogP contribution < -0.4 is 4.90 Å². The Morgan fingerprint density at radius 1 is 1.47 bits per heavy atom. The number of hydrogen-bond donors (Lipinski definition) is 0. The van der Waals surface area contributed by atoms with Crippen molar-refractivity contribution in [1.82, 2.24) is 9.97 Å². The molecule has 3 rings (SSSR count). The molecule has 4 nitrogen and oxygen atoms in total. The summed E-state index contributed by atoms with van der Waals surface area (Å²) in [5, 5.41) is 10.0. The van der Waals surface area contributed by atoms with E-state index < -0.39 is 0 Å². The fourth-order valence-corrected chi connectivity index (χ4v) is 4.29. The highest BCUT2D eigenvalue weighted by Gasteiger charge is 2.23. The van der Waals surface area contributed by atoms with Gasteiger partial charge in [0.2, 0.25) is 0 Å². The number of rotatable bonds is 1. The van der Waals surface area contributed by atoms with E-state index in [9.17, 15) is 0 Å². The molecule has 1 fully saturated rings. The lowest BCUT2D eigenvalue weighted by Gasteiger charge is -2.28. The summed E-state index contributed by atoms with van der Waals surface area (Å²) in [4.78, 5) is 11.2. The lowest BCUT2D eigenvalue weighted by atomic mass is 10.0. The summed E-state index contributed by atoms with van der Waals surface area (Å²) in [7, 11) is 0. The highest BCUT2D eigenvalue weighted by molar-refractivity contribution is 9.11. The number of pyridine rings is 1. The summed E-state index contributed by atoms with van der Waals surface area (Å²) in [6.07, 6.45) is 3.80. The van der Waals surface area contributed by atoms with Gasteiger partial charge < -0.3 is 4.90 Å². The fourth-order valence-electron chi connectivity index (χ4n) is 2.24. The molecule has 19 heavy (non-hydrogen) atoms. The summed E-state index contributed by atoms with van der Waals surface area (Å²) < 4.78 is 2.77. The quantitative estimate of drug-likeness (QED) is 0.678. The van der Waals surface area contributed by atoms with Gasteiger partial charge in [-0.05, 0) is 44.7 Å². The van der Waals surface area contributed by atoms with Crippen LogP contribution in [0, 0.1) is 17.2 Å². The van der Waals surface area contributed by atoms with Crippen molar-refractivity contribution in [2.75, 3.05) is 18.0 Å². The summed E-state index contributed by atoms with van der Waals surface area (Å²) in [5.74, 6) is 0.116. The Labute approximate surface area is 131 Å². The SMILES string of the molecule is N#CC1CCCN(c2nc3c(Br)cnc(Br)c3s2)C1. The van der Waals surface area contributed by atoms with E-state index in [1.807, 2.05) is 0 Å². The molecule has 0 amide bonds. The van der Waals surface area contributed by atoms with Crippen molar-refractivity contribution >= 4 is 58.5 Å². The second-order valence-corrected chi connectivity index (χ2v) is 7.07. The van der Waals surface area contributed by atoms with Crippen LogP contribution in [-0.4, -0.2) is 23.1 Å². The molecule has 0 bridgehead atoms. The molecular formula is C12H10Br2N4S. The standard InChI is InChI=1S/C12H10Br2N4S/c13-8-5-16-11(14)10-9(8)17-12(19-10)18-3-1-2-7(4-15)6-18/h5,7H,1-3,6H2. The summed E-state index contributed by atoms with van der Waals surface area (Å²) >= 11 is 8.57. The Morgan fingerprint density at radius 2 is 2.32 bits per heavy atom. The molecule has 0 radical (unpaired) electrons. The van der Waals surface area contributed by atoms with Crippen LogP contribution in [0.15, 0.2) is 15.3 Å². The smallest absolute Gasteiger partial charge is 0.186 e. The molecule has 0 aliphatic carbocycles. The first-order valence-corrected chi connectivity index (χ1v) is 8.34. The van der Waals surface area contributed by atoms with Gasteiger partial charge >= 0.3 is 0 Å². The molecule has 7 heteroatoms. The molecular weight excluding hydrogens is 392 g/mol. The van der Waals surface area contributed by atoms with Gasteiger partial charge in [-0.25, -0.2) is 9.97 Å². The Balaban J connectivity index is 2.00. The van der Waals surface area contributed by atoms with Crippen LogP contribution >= 0.6 is 43.2 Å². The van der Waals surface area contributed by atoms with Crippen LogP contribution in [0.3, 0.4) is 0 Å².